The molecule has 2 aromatic rings. The highest BCUT2D eigenvalue weighted by Gasteiger charge is 2.30. The largest absolute Gasteiger partial charge is 0.416 e. The van der Waals surface area contributed by atoms with E-state index in [9.17, 15) is 13.2 Å². The molecule has 0 aromatic heterocycles. The molecule has 1 aliphatic carbocycles. The van der Waals surface area contributed by atoms with Crippen LogP contribution in [0, 0.1) is 0 Å². The smallest absolute Gasteiger partial charge is 0.166 e. The molecular weight excluding hydrogens is 261 g/mol. The number of allylic oxidation sites excluding steroid dienone is 1. The van der Waals surface area contributed by atoms with Crippen molar-refractivity contribution in [3.8, 4) is 0 Å². The quantitative estimate of drug-likeness (QED) is 0.671. The minimum atomic E-state index is -4.27. The summed E-state index contributed by atoms with van der Waals surface area (Å²) < 4.78 is 37.6. The first-order valence-electron chi connectivity index (χ1n) is 6.50. The zero-order valence-electron chi connectivity index (χ0n) is 10.7. The van der Waals surface area contributed by atoms with Gasteiger partial charge in [-0.15, -0.1) is 0 Å². The third-order valence-corrected chi connectivity index (χ3v) is 3.63. The zero-order chi connectivity index (χ0) is 14.2. The summed E-state index contributed by atoms with van der Waals surface area (Å²) >= 11 is 0. The van der Waals surface area contributed by atoms with Crippen LogP contribution in [0.4, 0.5) is 13.2 Å². The van der Waals surface area contributed by atoms with Gasteiger partial charge in [-0.2, -0.15) is 13.2 Å². The highest BCUT2D eigenvalue weighted by atomic mass is 19.4. The molecule has 0 amide bonds. The molecule has 3 heteroatoms. The Morgan fingerprint density at radius 3 is 2.20 bits per heavy atom. The molecule has 0 bridgehead atoms. The molecule has 20 heavy (non-hydrogen) atoms. The van der Waals surface area contributed by atoms with E-state index in [0.29, 0.717) is 0 Å². The fourth-order valence-corrected chi connectivity index (χ4v) is 2.53. The number of alkyl halides is 3. The summed E-state index contributed by atoms with van der Waals surface area (Å²) in [5.41, 5.74) is 3.82. The lowest BCUT2D eigenvalue weighted by molar-refractivity contribution is -0.137. The van der Waals surface area contributed by atoms with E-state index in [1.807, 2.05) is 18.2 Å². The number of benzene rings is 2. The molecule has 0 saturated heterocycles. The summed E-state index contributed by atoms with van der Waals surface area (Å²) in [6.07, 6.45) is -0.404. The van der Waals surface area contributed by atoms with Crippen LogP contribution >= 0.6 is 0 Å². The topological polar surface area (TPSA) is 0 Å². The van der Waals surface area contributed by atoms with E-state index >= 15 is 0 Å². The molecule has 0 N–H and O–H groups in total. The second kappa shape index (κ2) is 4.82. The van der Waals surface area contributed by atoms with Gasteiger partial charge in [0, 0.05) is 0 Å². The van der Waals surface area contributed by atoms with Gasteiger partial charge in [0.1, 0.15) is 0 Å². The van der Waals surface area contributed by atoms with Crippen LogP contribution in [0.3, 0.4) is 0 Å². The summed E-state index contributed by atoms with van der Waals surface area (Å²) in [5, 5.41) is 0. The van der Waals surface area contributed by atoms with Crippen molar-refractivity contribution in [1.82, 2.24) is 0 Å². The fraction of sp³-hybridized carbons (Fsp3) is 0.176. The van der Waals surface area contributed by atoms with E-state index in [1.165, 1.54) is 5.56 Å². The molecule has 0 heterocycles. The first-order valence-corrected chi connectivity index (χ1v) is 6.50. The van der Waals surface area contributed by atoms with Crippen LogP contribution in [0.5, 0.6) is 0 Å². The van der Waals surface area contributed by atoms with Crippen molar-refractivity contribution in [2.45, 2.75) is 19.0 Å². The highest BCUT2D eigenvalue weighted by molar-refractivity contribution is 5.84. The Kier molecular flexibility index (Phi) is 3.13. The van der Waals surface area contributed by atoms with Gasteiger partial charge < -0.3 is 0 Å². The number of hydrogen-bond donors (Lipinski definition) is 0. The van der Waals surface area contributed by atoms with Gasteiger partial charge in [-0.1, -0.05) is 42.5 Å². The van der Waals surface area contributed by atoms with E-state index in [1.54, 1.807) is 12.1 Å². The lowest BCUT2D eigenvalue weighted by atomic mass is 9.88. The molecule has 0 radical (unpaired) electrons. The molecule has 2 aromatic carbocycles. The third-order valence-electron chi connectivity index (χ3n) is 3.63. The van der Waals surface area contributed by atoms with Crippen LogP contribution in [0.2, 0.25) is 0 Å². The first-order chi connectivity index (χ1) is 9.54. The van der Waals surface area contributed by atoms with Gasteiger partial charge >= 0.3 is 6.18 Å². The number of aryl methyl sites for hydroxylation is 1. The Morgan fingerprint density at radius 1 is 0.800 bits per heavy atom. The third kappa shape index (κ3) is 2.48. The van der Waals surface area contributed by atoms with E-state index < -0.39 is 11.7 Å². The Bertz CT molecular complexity index is 649. The maximum Gasteiger partial charge on any atom is 0.416 e. The van der Waals surface area contributed by atoms with Crippen LogP contribution in [-0.4, -0.2) is 0 Å². The summed E-state index contributed by atoms with van der Waals surface area (Å²) in [6, 6.07) is 13.5. The molecule has 0 unspecified atom stereocenters. The van der Waals surface area contributed by atoms with Crippen molar-refractivity contribution < 1.29 is 13.2 Å². The predicted molar refractivity (Wildman–Crippen MR) is 74.1 cm³/mol. The maximum atomic E-state index is 12.5. The van der Waals surface area contributed by atoms with Crippen LogP contribution in [0.15, 0.2) is 48.5 Å². The van der Waals surface area contributed by atoms with Gasteiger partial charge in [-0.25, -0.2) is 0 Å². The minimum absolute atomic E-state index is 0.599. The SMILES string of the molecule is FC(F)(F)c1ccc(C2=Cc3ccccc3CC2)cc1. The summed E-state index contributed by atoms with van der Waals surface area (Å²) in [4.78, 5) is 0. The van der Waals surface area contributed by atoms with Crippen molar-refractivity contribution in [3.63, 3.8) is 0 Å². The zero-order valence-corrected chi connectivity index (χ0v) is 10.7. The minimum Gasteiger partial charge on any atom is -0.166 e. The standard InChI is InChI=1S/C17H13F3/c18-17(19,20)16-9-7-13(8-10-16)15-6-5-12-3-1-2-4-14(12)11-15/h1-4,7-11H,5-6H2. The van der Waals surface area contributed by atoms with Gasteiger partial charge in [0.05, 0.1) is 5.56 Å². The molecule has 0 saturated carbocycles. The summed E-state index contributed by atoms with van der Waals surface area (Å²) in [6.45, 7) is 0. The van der Waals surface area contributed by atoms with Crippen LogP contribution in [0.25, 0.3) is 11.6 Å². The van der Waals surface area contributed by atoms with Gasteiger partial charge in [0.15, 0.2) is 0 Å². The molecular formula is C17H13F3. The molecule has 0 atom stereocenters. The fourth-order valence-electron chi connectivity index (χ4n) is 2.53. The van der Waals surface area contributed by atoms with Crippen molar-refractivity contribution in [2.24, 2.45) is 0 Å². The van der Waals surface area contributed by atoms with Crippen molar-refractivity contribution in [2.75, 3.05) is 0 Å². The monoisotopic (exact) mass is 274 g/mol. The van der Waals surface area contributed by atoms with Crippen LogP contribution < -0.4 is 0 Å². The Hall–Kier alpha value is -2.03. The second-order valence-electron chi connectivity index (χ2n) is 4.94. The van der Waals surface area contributed by atoms with Crippen molar-refractivity contribution >= 4 is 11.6 Å². The molecule has 0 spiro atoms. The number of halogens is 3. The Labute approximate surface area is 115 Å². The number of hydrogen-bond acceptors (Lipinski definition) is 0. The molecule has 0 nitrogen and oxygen atoms in total. The molecule has 1 aliphatic rings. The number of fused-ring (bicyclic) bond motifs is 1. The lowest BCUT2D eigenvalue weighted by Gasteiger charge is -2.17. The van der Waals surface area contributed by atoms with Gasteiger partial charge in [-0.3, -0.25) is 0 Å². The van der Waals surface area contributed by atoms with Gasteiger partial charge in [0.25, 0.3) is 0 Å². The Morgan fingerprint density at radius 2 is 1.50 bits per heavy atom. The summed E-state index contributed by atoms with van der Waals surface area (Å²) in [7, 11) is 0. The van der Waals surface area contributed by atoms with Crippen molar-refractivity contribution in [3.05, 3.63) is 70.8 Å². The summed E-state index contributed by atoms with van der Waals surface area (Å²) in [5.74, 6) is 0. The van der Waals surface area contributed by atoms with E-state index in [2.05, 4.69) is 12.1 Å². The first kappa shape index (κ1) is 13.0. The number of rotatable bonds is 1. The second-order valence-corrected chi connectivity index (χ2v) is 4.94. The predicted octanol–water partition coefficient (Wildman–Crippen LogP) is 5.19. The normalized spacial score (nSPS) is 14.7. The van der Waals surface area contributed by atoms with E-state index in [4.69, 9.17) is 0 Å². The average Bonchev–Trinajstić information content (AvgIpc) is 2.46. The molecule has 0 aliphatic heterocycles. The maximum absolute atomic E-state index is 12.5. The van der Waals surface area contributed by atoms with Crippen LogP contribution in [-0.2, 0) is 12.6 Å². The molecule has 102 valence electrons. The van der Waals surface area contributed by atoms with E-state index in [0.717, 1.165) is 41.7 Å². The van der Waals surface area contributed by atoms with E-state index in [-0.39, 0.29) is 0 Å². The average molecular weight is 274 g/mol. The molecule has 0 fully saturated rings. The van der Waals surface area contributed by atoms with Gasteiger partial charge in [-0.05, 0) is 47.2 Å². The molecule has 3 rings (SSSR count). The Balaban J connectivity index is 1.93. The van der Waals surface area contributed by atoms with Crippen LogP contribution in [0.1, 0.15) is 28.7 Å². The highest BCUT2D eigenvalue weighted by Crippen LogP contribution is 2.33. The van der Waals surface area contributed by atoms with Gasteiger partial charge in [0.2, 0.25) is 0 Å². The van der Waals surface area contributed by atoms with Crippen molar-refractivity contribution in [1.29, 1.82) is 0 Å². The lowest BCUT2D eigenvalue weighted by Crippen LogP contribution is -2.05.